The summed E-state index contributed by atoms with van der Waals surface area (Å²) in [6, 6.07) is 12.0. The number of halogens is 1. The van der Waals surface area contributed by atoms with E-state index in [1.165, 1.54) is 60.7 Å². The van der Waals surface area contributed by atoms with Gasteiger partial charge in [0.2, 0.25) is 0 Å². The normalized spacial score (nSPS) is 13.5. The van der Waals surface area contributed by atoms with Crippen molar-refractivity contribution in [2.45, 2.75) is 13.0 Å². The van der Waals surface area contributed by atoms with Gasteiger partial charge in [0.05, 0.1) is 27.0 Å². The smallest absolute Gasteiger partial charge is 0.303 e. The first-order valence-electron chi connectivity index (χ1n) is 11.8. The first-order valence-corrected chi connectivity index (χ1v) is 13.2. The van der Waals surface area contributed by atoms with Crippen molar-refractivity contribution in [3.8, 4) is 34.1 Å². The van der Waals surface area contributed by atoms with Gasteiger partial charge in [-0.15, -0.1) is 0 Å². The summed E-state index contributed by atoms with van der Waals surface area (Å²) in [5, 5.41) is 3.58. The van der Waals surface area contributed by atoms with Crippen molar-refractivity contribution in [2.75, 3.05) is 32.6 Å². The van der Waals surface area contributed by atoms with Gasteiger partial charge in [0.15, 0.2) is 5.82 Å². The molecule has 0 saturated carbocycles. The fraction of sp³-hybridized carbons (Fsp3) is 0.231. The summed E-state index contributed by atoms with van der Waals surface area (Å²) in [5.74, 6) is 0.684. The third kappa shape index (κ3) is 5.05. The van der Waals surface area contributed by atoms with Crippen LogP contribution in [0.15, 0.2) is 64.1 Å². The first-order chi connectivity index (χ1) is 18.7. The van der Waals surface area contributed by atoms with Gasteiger partial charge in [-0.1, -0.05) is 11.2 Å². The molecule has 204 valence electrons. The van der Waals surface area contributed by atoms with Crippen LogP contribution in [0.3, 0.4) is 0 Å². The van der Waals surface area contributed by atoms with E-state index >= 15 is 4.39 Å². The summed E-state index contributed by atoms with van der Waals surface area (Å²) in [6.07, 6.45) is 1.45. The van der Waals surface area contributed by atoms with Crippen LogP contribution in [0.5, 0.6) is 17.2 Å². The Morgan fingerprint density at radius 3 is 2.38 bits per heavy atom. The van der Waals surface area contributed by atoms with Gasteiger partial charge < -0.3 is 18.7 Å². The fourth-order valence-electron chi connectivity index (χ4n) is 4.53. The number of ether oxygens (including phenoxy) is 3. The Hall–Kier alpha value is -4.36. The average Bonchev–Trinajstić information content (AvgIpc) is 3.44. The fourth-order valence-corrected chi connectivity index (χ4v) is 5.67. The van der Waals surface area contributed by atoms with Gasteiger partial charge in [-0.3, -0.25) is 14.1 Å². The number of pyridine rings is 1. The van der Waals surface area contributed by atoms with Crippen molar-refractivity contribution in [3.63, 3.8) is 0 Å². The number of benzene rings is 2. The average molecular weight is 557 g/mol. The van der Waals surface area contributed by atoms with Crippen LogP contribution in [-0.2, 0) is 23.2 Å². The third-order valence-corrected chi connectivity index (χ3v) is 7.87. The second kappa shape index (κ2) is 10.4. The van der Waals surface area contributed by atoms with Crippen LogP contribution in [0, 0.1) is 5.82 Å². The highest BCUT2D eigenvalue weighted by atomic mass is 32.2. The topological polar surface area (TPSA) is 125 Å². The molecular weight excluding hydrogens is 531 g/mol. The molecule has 0 amide bonds. The van der Waals surface area contributed by atoms with E-state index in [2.05, 4.69) is 14.4 Å². The largest absolute Gasteiger partial charge is 0.497 e. The summed E-state index contributed by atoms with van der Waals surface area (Å²) in [4.78, 5) is 13.1. The third-order valence-electron chi connectivity index (χ3n) is 6.42. The van der Waals surface area contributed by atoms with E-state index in [1.807, 2.05) is 0 Å². The highest BCUT2D eigenvalue weighted by molar-refractivity contribution is 7.90. The van der Waals surface area contributed by atoms with E-state index in [4.69, 9.17) is 14.2 Å². The van der Waals surface area contributed by atoms with Crippen LogP contribution < -0.4 is 24.5 Å². The molecule has 3 heterocycles. The van der Waals surface area contributed by atoms with Crippen molar-refractivity contribution >= 4 is 16.0 Å². The lowest BCUT2D eigenvalue weighted by atomic mass is 10.0. The molecule has 0 bridgehead atoms. The van der Waals surface area contributed by atoms with Crippen molar-refractivity contribution in [2.24, 2.45) is 0 Å². The van der Waals surface area contributed by atoms with Crippen LogP contribution in [0.1, 0.15) is 11.3 Å². The van der Waals surface area contributed by atoms with Gasteiger partial charge in [0, 0.05) is 55.0 Å². The molecule has 1 N–H and O–H groups in total. The first kappa shape index (κ1) is 26.3. The lowest BCUT2D eigenvalue weighted by Gasteiger charge is -2.30. The Labute approximate surface area is 223 Å². The maximum Gasteiger partial charge on any atom is 0.303 e. The monoisotopic (exact) mass is 556 g/mol. The van der Waals surface area contributed by atoms with Crippen LogP contribution in [-0.4, -0.2) is 50.3 Å². The number of rotatable bonds is 8. The Kier molecular flexibility index (Phi) is 7.02. The zero-order valence-electron chi connectivity index (χ0n) is 21.3. The molecule has 0 spiro atoms. The zero-order chi connectivity index (χ0) is 27.7. The van der Waals surface area contributed by atoms with Crippen LogP contribution in [0.25, 0.3) is 16.8 Å². The lowest BCUT2D eigenvalue weighted by molar-refractivity contribution is 0.384. The second-order valence-electron chi connectivity index (χ2n) is 8.66. The lowest BCUT2D eigenvalue weighted by Crippen LogP contribution is -2.41. The number of nitrogens with zero attached hydrogens (tertiary/aromatic N) is 3. The van der Waals surface area contributed by atoms with Gasteiger partial charge in [-0.25, -0.2) is 4.39 Å². The molecule has 0 fully saturated rings. The van der Waals surface area contributed by atoms with Gasteiger partial charge >= 0.3 is 10.2 Å². The Balaban J connectivity index is 1.55. The molecule has 0 saturated heterocycles. The highest BCUT2D eigenvalue weighted by Gasteiger charge is 2.30. The van der Waals surface area contributed by atoms with E-state index in [0.717, 1.165) is 0 Å². The molecule has 2 aromatic carbocycles. The summed E-state index contributed by atoms with van der Waals surface area (Å²) in [6.45, 7) is 0.0748. The highest BCUT2D eigenvalue weighted by Crippen LogP contribution is 2.36. The maximum absolute atomic E-state index is 15.6. The van der Waals surface area contributed by atoms with E-state index in [9.17, 15) is 13.2 Å². The quantitative estimate of drug-likeness (QED) is 0.350. The molecule has 2 aromatic heterocycles. The molecule has 0 radical (unpaired) electrons. The predicted molar refractivity (Wildman–Crippen MR) is 140 cm³/mol. The van der Waals surface area contributed by atoms with Crippen molar-refractivity contribution in [3.05, 3.63) is 82.2 Å². The van der Waals surface area contributed by atoms with Crippen LogP contribution >= 0.6 is 0 Å². The van der Waals surface area contributed by atoms with Gasteiger partial charge in [-0.05, 0) is 29.3 Å². The number of hydrogen-bond donors (Lipinski definition) is 1. The second-order valence-corrected chi connectivity index (χ2v) is 10.3. The summed E-state index contributed by atoms with van der Waals surface area (Å²) >= 11 is 0. The molecule has 13 heteroatoms. The van der Waals surface area contributed by atoms with E-state index in [1.54, 1.807) is 24.3 Å². The molecule has 0 aliphatic carbocycles. The molecule has 11 nitrogen and oxygen atoms in total. The minimum Gasteiger partial charge on any atom is -0.497 e. The standard InChI is InChI=1S/C26H25FN4O7S/c1-35-18-10-17(11-19(12-18)36-2)20-13-24(37-3)23(14-21(20)27)31-22-6-8-30(15-16(22)4-5-26(31)32)39(33,34)29-25-7-9-38-28-25/h4-5,7,9-14H,6,8,15H2,1-3H3,(H,28,29). The maximum atomic E-state index is 15.6. The summed E-state index contributed by atoms with van der Waals surface area (Å²) in [5.41, 5.74) is 1.67. The Bertz CT molecular complexity index is 1670. The minimum atomic E-state index is -3.94. The molecular formula is C26H25FN4O7S. The Morgan fingerprint density at radius 1 is 1.00 bits per heavy atom. The van der Waals surface area contributed by atoms with E-state index < -0.39 is 21.6 Å². The molecule has 5 rings (SSSR count). The number of anilines is 1. The molecule has 0 atom stereocenters. The molecule has 4 aromatic rings. The molecule has 0 unspecified atom stereocenters. The van der Waals surface area contributed by atoms with E-state index in [-0.39, 0.29) is 42.3 Å². The van der Waals surface area contributed by atoms with Crippen LogP contribution in [0.4, 0.5) is 10.2 Å². The number of hydrogen-bond acceptors (Lipinski definition) is 8. The number of methoxy groups -OCH3 is 3. The number of fused-ring (bicyclic) bond motifs is 1. The van der Waals surface area contributed by atoms with Crippen molar-refractivity contribution < 1.29 is 31.5 Å². The SMILES string of the molecule is COc1cc(OC)cc(-c2cc(OC)c(-n3c4c(ccc3=O)CN(S(=O)(=O)Nc3ccon3)CC4)cc2F)c1. The Morgan fingerprint density at radius 2 is 1.74 bits per heavy atom. The van der Waals surface area contributed by atoms with Crippen molar-refractivity contribution in [1.29, 1.82) is 0 Å². The van der Waals surface area contributed by atoms with Gasteiger partial charge in [0.25, 0.3) is 5.56 Å². The summed E-state index contributed by atoms with van der Waals surface area (Å²) < 4.78 is 67.2. The van der Waals surface area contributed by atoms with Crippen molar-refractivity contribution in [1.82, 2.24) is 14.0 Å². The van der Waals surface area contributed by atoms with Gasteiger partial charge in [-0.2, -0.15) is 12.7 Å². The molecule has 1 aliphatic rings. The summed E-state index contributed by atoms with van der Waals surface area (Å²) in [7, 11) is 0.493. The number of aromatic nitrogens is 2. The minimum absolute atomic E-state index is 0.00468. The predicted octanol–water partition coefficient (Wildman–Crippen LogP) is 3.37. The van der Waals surface area contributed by atoms with Gasteiger partial charge in [0.1, 0.15) is 29.3 Å². The number of nitrogens with one attached hydrogen (secondary N) is 1. The van der Waals surface area contributed by atoms with E-state index in [0.29, 0.717) is 28.3 Å². The molecule has 39 heavy (non-hydrogen) atoms. The van der Waals surface area contributed by atoms with Crippen LogP contribution in [0.2, 0.25) is 0 Å². The molecule has 1 aliphatic heterocycles. The zero-order valence-corrected chi connectivity index (χ0v) is 22.1.